The predicted molar refractivity (Wildman–Crippen MR) is 82.4 cm³/mol. The maximum Gasteiger partial charge on any atom is 0.137 e. The Balaban J connectivity index is 1.79. The van der Waals surface area contributed by atoms with Gasteiger partial charge in [-0.25, -0.2) is 9.97 Å². The van der Waals surface area contributed by atoms with Crippen LogP contribution in [0.5, 0.6) is 0 Å². The molecule has 2 fully saturated rings. The lowest BCUT2D eigenvalue weighted by Gasteiger charge is -2.33. The van der Waals surface area contributed by atoms with Crippen LogP contribution in [0.25, 0.3) is 0 Å². The maximum absolute atomic E-state index is 6.22. The van der Waals surface area contributed by atoms with Gasteiger partial charge in [-0.05, 0) is 32.7 Å². The summed E-state index contributed by atoms with van der Waals surface area (Å²) in [6, 6.07) is 1.17. The molecule has 2 aliphatic heterocycles. The van der Waals surface area contributed by atoms with Crippen LogP contribution in [0.1, 0.15) is 44.0 Å². The summed E-state index contributed by atoms with van der Waals surface area (Å²) in [6.45, 7) is 6.52. The first-order valence-electron chi connectivity index (χ1n) is 7.72. The first-order valence-corrected chi connectivity index (χ1v) is 8.10. The van der Waals surface area contributed by atoms with Crippen molar-refractivity contribution in [3.63, 3.8) is 0 Å². The van der Waals surface area contributed by atoms with E-state index < -0.39 is 0 Å². The highest BCUT2D eigenvalue weighted by Gasteiger charge is 2.35. The van der Waals surface area contributed by atoms with Gasteiger partial charge in [-0.1, -0.05) is 24.9 Å². The van der Waals surface area contributed by atoms with Crippen molar-refractivity contribution < 1.29 is 0 Å². The summed E-state index contributed by atoms with van der Waals surface area (Å²) in [5.41, 5.74) is 0.970. The second-order valence-electron chi connectivity index (χ2n) is 5.90. The molecular weight excluding hydrogens is 272 g/mol. The predicted octanol–water partition coefficient (Wildman–Crippen LogP) is 3.04. The lowest BCUT2D eigenvalue weighted by molar-refractivity contribution is 0.192. The number of hydrogen-bond donors (Lipinski definition) is 1. The first kappa shape index (κ1) is 14.1. The van der Waals surface area contributed by atoms with Crippen LogP contribution in [0, 0.1) is 6.92 Å². The van der Waals surface area contributed by atoms with E-state index in [0.717, 1.165) is 23.6 Å². The van der Waals surface area contributed by atoms with E-state index in [1.807, 2.05) is 6.92 Å². The Bertz CT molecular complexity index is 491. The monoisotopic (exact) mass is 294 g/mol. The van der Waals surface area contributed by atoms with Crippen LogP contribution in [0.15, 0.2) is 0 Å². The van der Waals surface area contributed by atoms with Gasteiger partial charge in [0, 0.05) is 30.6 Å². The van der Waals surface area contributed by atoms with E-state index in [-0.39, 0.29) is 0 Å². The summed E-state index contributed by atoms with van der Waals surface area (Å²) in [7, 11) is 0. The van der Waals surface area contributed by atoms with Gasteiger partial charge in [-0.2, -0.15) is 0 Å². The number of nitrogens with one attached hydrogen (secondary N) is 1. The summed E-state index contributed by atoms with van der Waals surface area (Å²) < 4.78 is 0. The highest BCUT2D eigenvalue weighted by molar-refractivity contribution is 6.30. The van der Waals surface area contributed by atoms with Crippen LogP contribution in [0.2, 0.25) is 5.15 Å². The van der Waals surface area contributed by atoms with Gasteiger partial charge in [-0.15, -0.1) is 0 Å². The number of piperidine rings is 1. The van der Waals surface area contributed by atoms with E-state index >= 15 is 0 Å². The molecule has 2 saturated heterocycles. The molecule has 1 aromatic rings. The third kappa shape index (κ3) is 2.63. The molecule has 5 heteroatoms. The van der Waals surface area contributed by atoms with Crippen LogP contribution in [0.3, 0.4) is 0 Å². The molecule has 0 saturated carbocycles. The molecule has 0 amide bonds. The molecule has 0 bridgehead atoms. The minimum Gasteiger partial charge on any atom is -0.365 e. The van der Waals surface area contributed by atoms with Crippen LogP contribution < -0.4 is 5.32 Å². The largest absolute Gasteiger partial charge is 0.365 e. The Hall–Kier alpha value is -0.870. The van der Waals surface area contributed by atoms with Gasteiger partial charge in [0.25, 0.3) is 0 Å². The van der Waals surface area contributed by atoms with Gasteiger partial charge in [0.2, 0.25) is 0 Å². The van der Waals surface area contributed by atoms with Crippen LogP contribution >= 0.6 is 11.6 Å². The van der Waals surface area contributed by atoms with E-state index in [1.54, 1.807) is 0 Å². The number of aryl methyl sites for hydroxylation is 1. The van der Waals surface area contributed by atoms with Crippen molar-refractivity contribution in [1.29, 1.82) is 0 Å². The second kappa shape index (κ2) is 5.86. The van der Waals surface area contributed by atoms with Gasteiger partial charge >= 0.3 is 0 Å². The van der Waals surface area contributed by atoms with Gasteiger partial charge in [0.05, 0.1) is 0 Å². The Labute approximate surface area is 125 Å². The number of fused-ring (bicyclic) bond motifs is 1. The van der Waals surface area contributed by atoms with Crippen LogP contribution in [-0.4, -0.2) is 40.0 Å². The number of halogens is 1. The molecule has 3 heterocycles. The zero-order valence-corrected chi connectivity index (χ0v) is 13.1. The van der Waals surface area contributed by atoms with Crippen LogP contribution in [0.4, 0.5) is 5.82 Å². The van der Waals surface area contributed by atoms with E-state index in [0.29, 0.717) is 17.2 Å². The fourth-order valence-corrected chi connectivity index (χ4v) is 3.61. The number of nitrogens with zero attached hydrogens (tertiary/aromatic N) is 3. The number of anilines is 1. The molecular formula is C15H23ClN4. The van der Waals surface area contributed by atoms with E-state index in [2.05, 4.69) is 27.1 Å². The molecule has 0 aliphatic carbocycles. The third-order valence-electron chi connectivity index (χ3n) is 4.63. The maximum atomic E-state index is 6.22. The second-order valence-corrected chi connectivity index (χ2v) is 6.25. The average Bonchev–Trinajstić information content (AvgIpc) is 2.87. The van der Waals surface area contributed by atoms with Crippen molar-refractivity contribution in [2.45, 2.75) is 58.0 Å². The zero-order valence-electron chi connectivity index (χ0n) is 12.3. The molecule has 2 atom stereocenters. The molecule has 3 rings (SSSR count). The van der Waals surface area contributed by atoms with Crippen molar-refractivity contribution in [2.24, 2.45) is 0 Å². The lowest BCUT2D eigenvalue weighted by atomic mass is 9.99. The molecule has 0 spiro atoms. The first-order chi connectivity index (χ1) is 9.69. The van der Waals surface area contributed by atoms with Gasteiger partial charge in [0.15, 0.2) is 0 Å². The molecule has 20 heavy (non-hydrogen) atoms. The lowest BCUT2D eigenvalue weighted by Crippen LogP contribution is -2.42. The van der Waals surface area contributed by atoms with E-state index in [1.165, 1.54) is 38.8 Å². The Morgan fingerprint density at radius 2 is 2.10 bits per heavy atom. The quantitative estimate of drug-likeness (QED) is 0.870. The van der Waals surface area contributed by atoms with Gasteiger partial charge in [0.1, 0.15) is 16.8 Å². The zero-order chi connectivity index (χ0) is 14.1. The molecule has 0 aromatic carbocycles. The molecule has 2 unspecified atom stereocenters. The van der Waals surface area contributed by atoms with Gasteiger partial charge < -0.3 is 5.32 Å². The molecule has 2 aliphatic rings. The van der Waals surface area contributed by atoms with Crippen molar-refractivity contribution >= 4 is 17.4 Å². The van der Waals surface area contributed by atoms with E-state index in [9.17, 15) is 0 Å². The minimum absolute atomic E-state index is 0.504. The van der Waals surface area contributed by atoms with Crippen molar-refractivity contribution in [1.82, 2.24) is 14.9 Å². The van der Waals surface area contributed by atoms with Gasteiger partial charge in [-0.3, -0.25) is 4.90 Å². The minimum atomic E-state index is 0.504. The summed E-state index contributed by atoms with van der Waals surface area (Å²) in [5.74, 6) is 1.75. The standard InChI is InChI=1S/C15H23ClN4/c1-3-13-18-14(16)10(2)15(19-13)17-11-7-9-20-8-5-4-6-12(11)20/h11-12H,3-9H2,1-2H3,(H,17,18,19). The number of rotatable bonds is 3. The molecule has 0 radical (unpaired) electrons. The molecule has 4 nitrogen and oxygen atoms in total. The molecule has 110 valence electrons. The topological polar surface area (TPSA) is 41.1 Å². The van der Waals surface area contributed by atoms with Crippen molar-refractivity contribution in [3.05, 3.63) is 16.5 Å². The summed E-state index contributed by atoms with van der Waals surface area (Å²) in [6.07, 6.45) is 6.02. The van der Waals surface area contributed by atoms with E-state index in [4.69, 9.17) is 11.6 Å². The fraction of sp³-hybridized carbons (Fsp3) is 0.733. The average molecular weight is 295 g/mol. The molecule has 1 aromatic heterocycles. The fourth-order valence-electron chi connectivity index (χ4n) is 3.42. The number of hydrogen-bond acceptors (Lipinski definition) is 4. The highest BCUT2D eigenvalue weighted by atomic mass is 35.5. The van der Waals surface area contributed by atoms with Crippen LogP contribution in [-0.2, 0) is 6.42 Å². The normalized spacial score (nSPS) is 26.6. The summed E-state index contributed by atoms with van der Waals surface area (Å²) >= 11 is 6.22. The Kier molecular flexibility index (Phi) is 4.13. The summed E-state index contributed by atoms with van der Waals surface area (Å²) in [5, 5.41) is 4.23. The highest BCUT2D eigenvalue weighted by Crippen LogP contribution is 2.30. The summed E-state index contributed by atoms with van der Waals surface area (Å²) in [4.78, 5) is 11.6. The van der Waals surface area contributed by atoms with Crippen molar-refractivity contribution in [2.75, 3.05) is 18.4 Å². The third-order valence-corrected chi connectivity index (χ3v) is 5.00. The smallest absolute Gasteiger partial charge is 0.137 e. The number of aromatic nitrogens is 2. The Morgan fingerprint density at radius 3 is 2.90 bits per heavy atom. The Morgan fingerprint density at radius 1 is 1.25 bits per heavy atom. The SMILES string of the molecule is CCc1nc(Cl)c(C)c(NC2CCN3CCCCC23)n1. The van der Waals surface area contributed by atoms with Crippen molar-refractivity contribution in [3.8, 4) is 0 Å². The molecule has 1 N–H and O–H groups in total.